The molecule has 6 nitrogen and oxygen atoms in total. The molecule has 0 bridgehead atoms. The van der Waals surface area contributed by atoms with Crippen molar-refractivity contribution in [2.24, 2.45) is 5.10 Å². The van der Waals surface area contributed by atoms with Gasteiger partial charge in [0.05, 0.1) is 11.2 Å². The van der Waals surface area contributed by atoms with Gasteiger partial charge in [-0.1, -0.05) is 30.1 Å². The zero-order valence-corrected chi connectivity index (χ0v) is 15.5. The molecule has 0 spiro atoms. The van der Waals surface area contributed by atoms with E-state index in [9.17, 15) is 0 Å². The molecule has 3 rings (SSSR count). The molecule has 2 aromatic heterocycles. The molecule has 0 aliphatic heterocycles. The fourth-order valence-electron chi connectivity index (χ4n) is 2.07. The number of halogens is 2. The smallest absolute Gasteiger partial charge is 0.216 e. The fraction of sp³-hybridized carbons (Fsp3) is 0.188. The van der Waals surface area contributed by atoms with E-state index in [1.54, 1.807) is 41.2 Å². The van der Waals surface area contributed by atoms with Crippen LogP contribution in [-0.4, -0.2) is 21.1 Å². The molecule has 9 heteroatoms. The van der Waals surface area contributed by atoms with Gasteiger partial charge in [-0.25, -0.2) is 0 Å². The van der Waals surface area contributed by atoms with Crippen LogP contribution in [0.15, 0.2) is 39.9 Å². The van der Waals surface area contributed by atoms with Gasteiger partial charge in [0.1, 0.15) is 23.9 Å². The lowest BCUT2D eigenvalue weighted by Gasteiger charge is -2.06. The quantitative estimate of drug-likeness (QED) is 0.476. The third-order valence-corrected chi connectivity index (χ3v) is 4.08. The molecular weight excluding hydrogens is 383 g/mol. The molecule has 0 saturated heterocycles. The van der Waals surface area contributed by atoms with Crippen molar-refractivity contribution in [1.82, 2.24) is 14.9 Å². The average molecular weight is 397 g/mol. The Labute approximate surface area is 159 Å². The maximum atomic E-state index is 6.07. The molecule has 1 aromatic carbocycles. The number of furan rings is 1. The van der Waals surface area contributed by atoms with Crippen LogP contribution in [-0.2, 0) is 13.0 Å². The zero-order chi connectivity index (χ0) is 17.8. The van der Waals surface area contributed by atoms with E-state index in [2.05, 4.69) is 15.3 Å². The molecule has 3 aromatic rings. The highest BCUT2D eigenvalue weighted by atomic mass is 35.5. The highest BCUT2D eigenvalue weighted by molar-refractivity contribution is 7.71. The molecular formula is C16H14Cl2N4O2S. The van der Waals surface area contributed by atoms with Gasteiger partial charge in [-0.2, -0.15) is 14.9 Å². The van der Waals surface area contributed by atoms with Gasteiger partial charge in [-0.3, -0.25) is 5.10 Å². The number of H-pyrrole nitrogens is 1. The number of hydrogen-bond donors (Lipinski definition) is 1. The molecule has 2 heterocycles. The van der Waals surface area contributed by atoms with Crippen molar-refractivity contribution in [3.05, 3.63) is 62.5 Å². The van der Waals surface area contributed by atoms with Crippen LogP contribution in [0.5, 0.6) is 5.75 Å². The van der Waals surface area contributed by atoms with Crippen LogP contribution >= 0.6 is 35.4 Å². The van der Waals surface area contributed by atoms with Crippen LogP contribution < -0.4 is 4.74 Å². The maximum absolute atomic E-state index is 6.07. The molecule has 1 N–H and O–H groups in total. The number of aryl methyl sites for hydroxylation is 1. The first kappa shape index (κ1) is 17.7. The number of hydrogen-bond acceptors (Lipinski definition) is 5. The van der Waals surface area contributed by atoms with E-state index in [-0.39, 0.29) is 6.61 Å². The van der Waals surface area contributed by atoms with Gasteiger partial charge < -0.3 is 9.15 Å². The molecule has 25 heavy (non-hydrogen) atoms. The summed E-state index contributed by atoms with van der Waals surface area (Å²) in [4.78, 5) is 0. The Hall–Kier alpha value is -2.09. The normalized spacial score (nSPS) is 11.3. The van der Waals surface area contributed by atoms with Gasteiger partial charge in [-0.05, 0) is 42.5 Å². The highest BCUT2D eigenvalue weighted by Gasteiger charge is 2.06. The van der Waals surface area contributed by atoms with E-state index in [1.165, 1.54) is 0 Å². The predicted molar refractivity (Wildman–Crippen MR) is 99.3 cm³/mol. The molecule has 0 aliphatic carbocycles. The second-order valence-electron chi connectivity index (χ2n) is 5.02. The summed E-state index contributed by atoms with van der Waals surface area (Å²) in [6.45, 7) is 2.21. The Morgan fingerprint density at radius 2 is 2.20 bits per heavy atom. The Bertz CT molecular complexity index is 961. The summed E-state index contributed by atoms with van der Waals surface area (Å²) < 4.78 is 13.3. The minimum absolute atomic E-state index is 0.237. The third kappa shape index (κ3) is 4.31. The van der Waals surface area contributed by atoms with Crippen molar-refractivity contribution in [3.8, 4) is 5.75 Å². The van der Waals surface area contributed by atoms with E-state index in [1.807, 2.05) is 6.92 Å². The first-order chi connectivity index (χ1) is 12.1. The second-order valence-corrected chi connectivity index (χ2v) is 6.25. The highest BCUT2D eigenvalue weighted by Crippen LogP contribution is 2.28. The molecule has 0 aliphatic rings. The number of ether oxygens (including phenoxy) is 1. The Morgan fingerprint density at radius 1 is 1.36 bits per heavy atom. The molecule has 0 atom stereocenters. The van der Waals surface area contributed by atoms with Gasteiger partial charge in [0.15, 0.2) is 5.82 Å². The summed E-state index contributed by atoms with van der Waals surface area (Å²) in [6.07, 6.45) is 2.28. The minimum Gasteiger partial charge on any atom is -0.484 e. The largest absolute Gasteiger partial charge is 0.484 e. The van der Waals surface area contributed by atoms with Crippen molar-refractivity contribution in [2.75, 3.05) is 0 Å². The molecule has 0 radical (unpaired) electrons. The summed E-state index contributed by atoms with van der Waals surface area (Å²) in [5.41, 5.74) is 0. The lowest BCUT2D eigenvalue weighted by Crippen LogP contribution is -1.97. The zero-order valence-electron chi connectivity index (χ0n) is 13.2. The van der Waals surface area contributed by atoms with Crippen LogP contribution in [0.2, 0.25) is 10.0 Å². The lowest BCUT2D eigenvalue weighted by atomic mass is 10.3. The van der Waals surface area contributed by atoms with Crippen molar-refractivity contribution >= 4 is 41.6 Å². The number of aromatic nitrogens is 3. The SMILES string of the molecule is CCc1n[nH]c(=S)n1/N=C/c1ccc(COc2ccc(Cl)cc2Cl)o1. The number of benzene rings is 1. The summed E-state index contributed by atoms with van der Waals surface area (Å²) in [7, 11) is 0. The summed E-state index contributed by atoms with van der Waals surface area (Å²) in [5.74, 6) is 2.49. The number of nitrogens with zero attached hydrogens (tertiary/aromatic N) is 3. The van der Waals surface area contributed by atoms with Crippen LogP contribution in [0.4, 0.5) is 0 Å². The van der Waals surface area contributed by atoms with Crippen LogP contribution in [0.25, 0.3) is 0 Å². The first-order valence-electron chi connectivity index (χ1n) is 7.44. The van der Waals surface area contributed by atoms with Crippen LogP contribution in [0.1, 0.15) is 24.3 Å². The standard InChI is InChI=1S/C16H14Cl2N4O2S/c1-2-15-20-21-16(25)22(15)19-8-11-4-5-12(24-11)9-23-14-6-3-10(17)7-13(14)18/h3-8H,2,9H2,1H3,(H,21,25)/b19-8+. The topological polar surface area (TPSA) is 68.3 Å². The molecule has 0 unspecified atom stereocenters. The average Bonchev–Trinajstić information content (AvgIpc) is 3.18. The van der Waals surface area contributed by atoms with Gasteiger partial charge in [0.25, 0.3) is 0 Å². The predicted octanol–water partition coefficient (Wildman–Crippen LogP) is 4.86. The number of rotatable bonds is 6. The number of aromatic amines is 1. The Morgan fingerprint density at radius 3 is 2.96 bits per heavy atom. The summed E-state index contributed by atoms with van der Waals surface area (Å²) in [5, 5.41) is 12.1. The van der Waals surface area contributed by atoms with Gasteiger partial charge in [-0.15, -0.1) is 0 Å². The minimum atomic E-state index is 0.237. The van der Waals surface area contributed by atoms with Crippen LogP contribution in [0, 0.1) is 4.77 Å². The van der Waals surface area contributed by atoms with Gasteiger partial charge in [0.2, 0.25) is 4.77 Å². The Kier molecular flexibility index (Phi) is 5.57. The third-order valence-electron chi connectivity index (χ3n) is 3.28. The van der Waals surface area contributed by atoms with Gasteiger partial charge >= 0.3 is 0 Å². The van der Waals surface area contributed by atoms with Crippen molar-refractivity contribution in [3.63, 3.8) is 0 Å². The van der Waals surface area contributed by atoms with E-state index in [0.717, 1.165) is 5.82 Å². The van der Waals surface area contributed by atoms with E-state index < -0.39 is 0 Å². The van der Waals surface area contributed by atoms with Crippen LogP contribution in [0.3, 0.4) is 0 Å². The molecule has 0 amide bonds. The second kappa shape index (κ2) is 7.86. The van der Waals surface area contributed by atoms with Gasteiger partial charge in [0, 0.05) is 11.4 Å². The molecule has 0 saturated carbocycles. The van der Waals surface area contributed by atoms with E-state index in [0.29, 0.717) is 38.5 Å². The fourth-order valence-corrected chi connectivity index (χ4v) is 2.73. The summed E-state index contributed by atoms with van der Waals surface area (Å²) >= 11 is 17.1. The molecule has 130 valence electrons. The van der Waals surface area contributed by atoms with E-state index >= 15 is 0 Å². The molecule has 0 fully saturated rings. The first-order valence-corrected chi connectivity index (χ1v) is 8.60. The number of nitrogens with one attached hydrogen (secondary N) is 1. The lowest BCUT2D eigenvalue weighted by molar-refractivity contribution is 0.270. The Balaban J connectivity index is 1.67. The summed E-state index contributed by atoms with van der Waals surface area (Å²) in [6, 6.07) is 8.64. The monoisotopic (exact) mass is 396 g/mol. The van der Waals surface area contributed by atoms with Crippen molar-refractivity contribution in [1.29, 1.82) is 0 Å². The van der Waals surface area contributed by atoms with E-state index in [4.69, 9.17) is 44.6 Å². The van der Waals surface area contributed by atoms with Crippen molar-refractivity contribution < 1.29 is 9.15 Å². The van der Waals surface area contributed by atoms with Crippen molar-refractivity contribution in [2.45, 2.75) is 20.0 Å². The maximum Gasteiger partial charge on any atom is 0.216 e.